The molecule has 7 heteroatoms. The van der Waals surface area contributed by atoms with Crippen molar-refractivity contribution in [3.8, 4) is 22.9 Å². The van der Waals surface area contributed by atoms with Gasteiger partial charge in [-0.15, -0.1) is 0 Å². The third-order valence-electron chi connectivity index (χ3n) is 4.14. The lowest BCUT2D eigenvalue weighted by Gasteiger charge is -2.09. The summed E-state index contributed by atoms with van der Waals surface area (Å²) in [6.07, 6.45) is -4.42. The zero-order chi connectivity index (χ0) is 19.7. The van der Waals surface area contributed by atoms with Gasteiger partial charge in [0.25, 0.3) is 5.56 Å². The Hall–Kier alpha value is -3.61. The van der Waals surface area contributed by atoms with Gasteiger partial charge in [0, 0.05) is 11.6 Å². The summed E-state index contributed by atoms with van der Waals surface area (Å²) in [6, 6.07) is 18.4. The molecule has 0 unspecified atom stereocenters. The molecule has 0 saturated carbocycles. The molecule has 4 nitrogen and oxygen atoms in total. The maximum atomic E-state index is 12.7. The molecule has 3 aromatic carbocycles. The van der Waals surface area contributed by atoms with Crippen LogP contribution < -0.4 is 10.3 Å². The average Bonchev–Trinajstić information content (AvgIpc) is 2.68. The Bertz CT molecular complexity index is 1180. The van der Waals surface area contributed by atoms with E-state index in [0.29, 0.717) is 28.0 Å². The lowest BCUT2D eigenvalue weighted by atomic mass is 10.1. The van der Waals surface area contributed by atoms with Crippen LogP contribution in [0.5, 0.6) is 11.5 Å². The number of nitrogens with one attached hydrogen (secondary N) is 1. The number of halogens is 3. The number of para-hydroxylation sites is 1. The van der Waals surface area contributed by atoms with E-state index < -0.39 is 11.7 Å². The second kappa shape index (κ2) is 6.84. The van der Waals surface area contributed by atoms with Crippen LogP contribution >= 0.6 is 0 Å². The molecule has 0 spiro atoms. The fourth-order valence-corrected chi connectivity index (χ4v) is 2.76. The fourth-order valence-electron chi connectivity index (χ4n) is 2.76. The molecule has 0 aliphatic carbocycles. The number of nitrogens with zero attached hydrogens (tertiary/aromatic N) is 1. The molecule has 0 amide bonds. The van der Waals surface area contributed by atoms with Crippen LogP contribution in [0, 0.1) is 0 Å². The van der Waals surface area contributed by atoms with Crippen LogP contribution in [0.3, 0.4) is 0 Å². The van der Waals surface area contributed by atoms with Crippen molar-refractivity contribution in [2.75, 3.05) is 0 Å². The monoisotopic (exact) mass is 382 g/mol. The zero-order valence-electron chi connectivity index (χ0n) is 14.3. The number of ether oxygens (including phenoxy) is 1. The van der Waals surface area contributed by atoms with Crippen molar-refractivity contribution in [3.05, 3.63) is 88.7 Å². The first kappa shape index (κ1) is 17.8. The van der Waals surface area contributed by atoms with Crippen molar-refractivity contribution in [2.45, 2.75) is 6.18 Å². The van der Waals surface area contributed by atoms with Crippen molar-refractivity contribution < 1.29 is 17.9 Å². The van der Waals surface area contributed by atoms with Crippen molar-refractivity contribution in [1.82, 2.24) is 9.97 Å². The summed E-state index contributed by atoms with van der Waals surface area (Å²) >= 11 is 0. The molecule has 1 aromatic heterocycles. The lowest BCUT2D eigenvalue weighted by Crippen LogP contribution is -2.10. The molecule has 0 bridgehead atoms. The van der Waals surface area contributed by atoms with Gasteiger partial charge in [-0.3, -0.25) is 4.79 Å². The van der Waals surface area contributed by atoms with Gasteiger partial charge in [-0.05, 0) is 36.4 Å². The molecular weight excluding hydrogens is 369 g/mol. The number of hydrogen-bond acceptors (Lipinski definition) is 3. The van der Waals surface area contributed by atoms with Gasteiger partial charge in [0.2, 0.25) is 0 Å². The van der Waals surface area contributed by atoms with E-state index in [1.807, 2.05) is 18.2 Å². The van der Waals surface area contributed by atoms with Gasteiger partial charge in [0.15, 0.2) is 0 Å². The summed E-state index contributed by atoms with van der Waals surface area (Å²) in [7, 11) is 0. The van der Waals surface area contributed by atoms with Gasteiger partial charge in [0.05, 0.1) is 16.5 Å². The van der Waals surface area contributed by atoms with Gasteiger partial charge >= 0.3 is 6.18 Å². The molecular formula is C21H13F3N2O2. The molecule has 4 rings (SSSR count). The number of alkyl halides is 3. The summed E-state index contributed by atoms with van der Waals surface area (Å²) < 4.78 is 43.9. The quantitative estimate of drug-likeness (QED) is 0.516. The first-order chi connectivity index (χ1) is 13.4. The maximum absolute atomic E-state index is 12.7. The fraction of sp³-hybridized carbons (Fsp3) is 0.0476. The summed E-state index contributed by atoms with van der Waals surface area (Å²) in [5.41, 5.74) is -0.391. The first-order valence-electron chi connectivity index (χ1n) is 8.35. The summed E-state index contributed by atoms with van der Waals surface area (Å²) in [5, 5.41) is 0.357. The number of fused-ring (bicyclic) bond motifs is 1. The minimum atomic E-state index is -4.42. The van der Waals surface area contributed by atoms with E-state index in [-0.39, 0.29) is 11.4 Å². The highest BCUT2D eigenvalue weighted by atomic mass is 19.4. The highest BCUT2D eigenvalue weighted by molar-refractivity contribution is 5.81. The standard InChI is InChI=1S/C21H13F3N2O2/c22-21(23,24)14-8-6-13(7-9-14)19-25-18-12-16(10-11-17(18)20(27)26-19)28-15-4-2-1-3-5-15/h1-12H,(H,25,26,27). The van der Waals surface area contributed by atoms with E-state index in [4.69, 9.17) is 4.74 Å². The number of aromatic nitrogens is 2. The van der Waals surface area contributed by atoms with Crippen LogP contribution in [-0.4, -0.2) is 9.97 Å². The third-order valence-corrected chi connectivity index (χ3v) is 4.14. The number of H-pyrrole nitrogens is 1. The predicted molar refractivity (Wildman–Crippen MR) is 99.3 cm³/mol. The number of aromatic amines is 1. The van der Waals surface area contributed by atoms with E-state index in [0.717, 1.165) is 12.1 Å². The van der Waals surface area contributed by atoms with Crippen LogP contribution in [-0.2, 0) is 6.18 Å². The lowest BCUT2D eigenvalue weighted by molar-refractivity contribution is -0.137. The SMILES string of the molecule is O=c1[nH]c(-c2ccc(C(F)(F)F)cc2)nc2cc(Oc3ccccc3)ccc12. The summed E-state index contributed by atoms with van der Waals surface area (Å²) in [4.78, 5) is 19.3. The minimum Gasteiger partial charge on any atom is -0.457 e. The molecule has 4 aromatic rings. The Morgan fingerprint density at radius 2 is 1.57 bits per heavy atom. The Morgan fingerprint density at radius 1 is 0.857 bits per heavy atom. The molecule has 0 radical (unpaired) electrons. The minimum absolute atomic E-state index is 0.183. The second-order valence-electron chi connectivity index (χ2n) is 6.08. The van der Waals surface area contributed by atoms with Gasteiger partial charge < -0.3 is 9.72 Å². The first-order valence-corrected chi connectivity index (χ1v) is 8.35. The van der Waals surface area contributed by atoms with Crippen molar-refractivity contribution in [3.63, 3.8) is 0 Å². The Kier molecular flexibility index (Phi) is 4.35. The molecule has 0 aliphatic rings. The van der Waals surface area contributed by atoms with Gasteiger partial charge in [0.1, 0.15) is 17.3 Å². The smallest absolute Gasteiger partial charge is 0.416 e. The molecule has 0 atom stereocenters. The highest BCUT2D eigenvalue weighted by Gasteiger charge is 2.30. The van der Waals surface area contributed by atoms with Gasteiger partial charge in [-0.1, -0.05) is 30.3 Å². The molecule has 1 N–H and O–H groups in total. The molecule has 28 heavy (non-hydrogen) atoms. The summed E-state index contributed by atoms with van der Waals surface area (Å²) in [6.45, 7) is 0. The Labute approximate surface area is 157 Å². The van der Waals surface area contributed by atoms with Gasteiger partial charge in [-0.25, -0.2) is 4.98 Å². The van der Waals surface area contributed by atoms with E-state index in [1.54, 1.807) is 30.3 Å². The zero-order valence-corrected chi connectivity index (χ0v) is 14.3. The predicted octanol–water partition coefficient (Wildman–Crippen LogP) is 5.40. The van der Waals surface area contributed by atoms with Gasteiger partial charge in [-0.2, -0.15) is 13.2 Å². The highest BCUT2D eigenvalue weighted by Crippen LogP contribution is 2.30. The van der Waals surface area contributed by atoms with Crippen molar-refractivity contribution >= 4 is 10.9 Å². The van der Waals surface area contributed by atoms with E-state index in [2.05, 4.69) is 9.97 Å². The molecule has 0 aliphatic heterocycles. The molecule has 1 heterocycles. The summed E-state index contributed by atoms with van der Waals surface area (Å²) in [5.74, 6) is 1.31. The molecule has 0 fully saturated rings. The Morgan fingerprint density at radius 3 is 2.25 bits per heavy atom. The largest absolute Gasteiger partial charge is 0.457 e. The van der Waals surface area contributed by atoms with Crippen molar-refractivity contribution in [2.24, 2.45) is 0 Å². The second-order valence-corrected chi connectivity index (χ2v) is 6.08. The van der Waals surface area contributed by atoms with E-state index in [1.165, 1.54) is 12.1 Å². The number of benzene rings is 3. The topological polar surface area (TPSA) is 55.0 Å². The van der Waals surface area contributed by atoms with Crippen LogP contribution in [0.1, 0.15) is 5.56 Å². The number of hydrogen-bond donors (Lipinski definition) is 1. The number of rotatable bonds is 3. The van der Waals surface area contributed by atoms with Crippen LogP contribution in [0.4, 0.5) is 13.2 Å². The third kappa shape index (κ3) is 3.59. The van der Waals surface area contributed by atoms with E-state index >= 15 is 0 Å². The maximum Gasteiger partial charge on any atom is 0.416 e. The molecule has 0 saturated heterocycles. The molecule has 140 valence electrons. The Balaban J connectivity index is 1.73. The van der Waals surface area contributed by atoms with Crippen LogP contribution in [0.2, 0.25) is 0 Å². The van der Waals surface area contributed by atoms with E-state index in [9.17, 15) is 18.0 Å². The van der Waals surface area contributed by atoms with Crippen LogP contribution in [0.15, 0.2) is 77.6 Å². The normalized spacial score (nSPS) is 11.5. The van der Waals surface area contributed by atoms with Crippen molar-refractivity contribution in [1.29, 1.82) is 0 Å². The average molecular weight is 382 g/mol. The van der Waals surface area contributed by atoms with Crippen LogP contribution in [0.25, 0.3) is 22.3 Å².